The molecule has 0 aliphatic rings. The molecule has 0 radical (unpaired) electrons. The topological polar surface area (TPSA) is 26.3 Å². The average molecular weight is 271 g/mol. The number of alkyl halides is 1. The molecule has 0 atom stereocenters. The van der Waals surface area contributed by atoms with Gasteiger partial charge in [0.2, 0.25) is 0 Å². The molecule has 0 spiro atoms. The number of carbonyl (C=O) groups is 1. The van der Waals surface area contributed by atoms with E-state index in [9.17, 15) is 4.79 Å². The highest BCUT2D eigenvalue weighted by Gasteiger charge is 2.07. The van der Waals surface area contributed by atoms with Gasteiger partial charge in [-0.25, -0.2) is 0 Å². The summed E-state index contributed by atoms with van der Waals surface area (Å²) in [6.45, 7) is 4.52. The van der Waals surface area contributed by atoms with Gasteiger partial charge in [0.25, 0.3) is 0 Å². The summed E-state index contributed by atoms with van der Waals surface area (Å²) in [5.74, 6) is 0.923. The Labute approximate surface area is 98.8 Å². The minimum atomic E-state index is 0.150. The van der Waals surface area contributed by atoms with E-state index in [2.05, 4.69) is 15.9 Å². The van der Waals surface area contributed by atoms with Gasteiger partial charge in [-0.2, -0.15) is 0 Å². The van der Waals surface area contributed by atoms with E-state index in [1.807, 2.05) is 32.0 Å². The second-order valence-corrected chi connectivity index (χ2v) is 4.12. The van der Waals surface area contributed by atoms with Crippen molar-refractivity contribution in [3.8, 4) is 5.75 Å². The molecule has 0 saturated carbocycles. The van der Waals surface area contributed by atoms with Gasteiger partial charge in [0.15, 0.2) is 5.78 Å². The number of ether oxygens (including phenoxy) is 1. The molecular weight excluding hydrogens is 256 g/mol. The van der Waals surface area contributed by atoms with Crippen molar-refractivity contribution in [3.63, 3.8) is 0 Å². The van der Waals surface area contributed by atoms with Crippen molar-refractivity contribution < 1.29 is 9.53 Å². The zero-order valence-electron chi connectivity index (χ0n) is 9.05. The summed E-state index contributed by atoms with van der Waals surface area (Å²) in [4.78, 5) is 11.7. The fourth-order valence-electron chi connectivity index (χ4n) is 1.39. The lowest BCUT2D eigenvalue weighted by atomic mass is 10.1. The van der Waals surface area contributed by atoms with Crippen molar-refractivity contribution in [2.75, 3.05) is 11.9 Å². The monoisotopic (exact) mass is 270 g/mol. The Morgan fingerprint density at radius 1 is 1.40 bits per heavy atom. The molecule has 0 bridgehead atoms. The highest BCUT2D eigenvalue weighted by atomic mass is 79.9. The SMILES string of the molecule is CCOc1cc(C)cc(C(=O)CCBr)c1. The molecule has 0 fully saturated rings. The third kappa shape index (κ3) is 3.67. The first-order valence-electron chi connectivity index (χ1n) is 5.01. The standard InChI is InChI=1S/C12H15BrO2/c1-3-15-11-7-9(2)6-10(8-11)12(14)4-5-13/h6-8H,3-5H2,1-2H3. The molecule has 0 amide bonds. The Morgan fingerprint density at radius 3 is 2.73 bits per heavy atom. The minimum Gasteiger partial charge on any atom is -0.494 e. The summed E-state index contributed by atoms with van der Waals surface area (Å²) < 4.78 is 5.39. The van der Waals surface area contributed by atoms with E-state index < -0.39 is 0 Å². The maximum absolute atomic E-state index is 11.7. The van der Waals surface area contributed by atoms with Crippen LogP contribution >= 0.6 is 15.9 Å². The van der Waals surface area contributed by atoms with Crippen molar-refractivity contribution in [2.45, 2.75) is 20.3 Å². The van der Waals surface area contributed by atoms with Crippen LogP contribution in [0.5, 0.6) is 5.75 Å². The summed E-state index contributed by atoms with van der Waals surface area (Å²) in [5.41, 5.74) is 1.79. The van der Waals surface area contributed by atoms with Gasteiger partial charge in [0.05, 0.1) is 6.61 Å². The van der Waals surface area contributed by atoms with Crippen molar-refractivity contribution in [1.82, 2.24) is 0 Å². The van der Waals surface area contributed by atoms with Crippen LogP contribution in [0.25, 0.3) is 0 Å². The Hall–Kier alpha value is -0.830. The zero-order valence-corrected chi connectivity index (χ0v) is 10.6. The van der Waals surface area contributed by atoms with Crippen LogP contribution in [-0.4, -0.2) is 17.7 Å². The fourth-order valence-corrected chi connectivity index (χ4v) is 1.75. The normalized spacial score (nSPS) is 10.1. The van der Waals surface area contributed by atoms with Crippen molar-refractivity contribution >= 4 is 21.7 Å². The number of benzene rings is 1. The molecule has 15 heavy (non-hydrogen) atoms. The Morgan fingerprint density at radius 2 is 2.13 bits per heavy atom. The van der Waals surface area contributed by atoms with Crippen molar-refractivity contribution in [1.29, 1.82) is 0 Å². The van der Waals surface area contributed by atoms with Gasteiger partial charge in [-0.05, 0) is 37.6 Å². The van der Waals surface area contributed by atoms with Gasteiger partial charge in [-0.1, -0.05) is 15.9 Å². The molecule has 82 valence electrons. The molecule has 0 heterocycles. The number of carbonyl (C=O) groups excluding carboxylic acids is 1. The minimum absolute atomic E-state index is 0.150. The highest BCUT2D eigenvalue weighted by molar-refractivity contribution is 9.09. The van der Waals surface area contributed by atoms with E-state index in [-0.39, 0.29) is 5.78 Å². The molecule has 2 nitrogen and oxygen atoms in total. The number of aryl methyl sites for hydroxylation is 1. The maximum atomic E-state index is 11.7. The van der Waals surface area contributed by atoms with E-state index in [0.29, 0.717) is 18.4 Å². The van der Waals surface area contributed by atoms with Crippen LogP contribution in [-0.2, 0) is 0 Å². The van der Waals surface area contributed by atoms with Gasteiger partial charge < -0.3 is 4.74 Å². The average Bonchev–Trinajstić information content (AvgIpc) is 2.17. The number of hydrogen-bond acceptors (Lipinski definition) is 2. The highest BCUT2D eigenvalue weighted by Crippen LogP contribution is 2.18. The fraction of sp³-hybridized carbons (Fsp3) is 0.417. The van der Waals surface area contributed by atoms with Crippen molar-refractivity contribution in [3.05, 3.63) is 29.3 Å². The Kier molecular flexibility index (Phi) is 4.82. The summed E-state index contributed by atoms with van der Waals surface area (Å²) in [5, 5.41) is 0.698. The third-order valence-electron chi connectivity index (χ3n) is 2.01. The van der Waals surface area contributed by atoms with Crippen LogP contribution in [0.2, 0.25) is 0 Å². The van der Waals surface area contributed by atoms with E-state index in [1.54, 1.807) is 0 Å². The molecule has 0 N–H and O–H groups in total. The number of ketones is 1. The first kappa shape index (κ1) is 12.2. The van der Waals surface area contributed by atoms with E-state index >= 15 is 0 Å². The quantitative estimate of drug-likeness (QED) is 0.606. The van der Waals surface area contributed by atoms with Crippen LogP contribution in [0, 0.1) is 6.92 Å². The molecule has 0 unspecified atom stereocenters. The van der Waals surface area contributed by atoms with Crippen LogP contribution in [0.4, 0.5) is 0 Å². The second-order valence-electron chi connectivity index (χ2n) is 3.33. The number of rotatable bonds is 5. The lowest BCUT2D eigenvalue weighted by Crippen LogP contribution is -2.01. The van der Waals surface area contributed by atoms with Gasteiger partial charge in [0, 0.05) is 17.3 Å². The predicted octanol–water partition coefficient (Wildman–Crippen LogP) is 3.36. The zero-order chi connectivity index (χ0) is 11.3. The molecule has 0 aromatic heterocycles. The molecular formula is C12H15BrO2. The molecule has 3 heteroatoms. The molecule has 1 aromatic carbocycles. The summed E-state index contributed by atoms with van der Waals surface area (Å²) >= 11 is 3.26. The summed E-state index contributed by atoms with van der Waals surface area (Å²) in [6, 6.07) is 5.64. The van der Waals surface area contributed by atoms with Crippen LogP contribution in [0.1, 0.15) is 29.3 Å². The second kappa shape index (κ2) is 5.91. The molecule has 1 rings (SSSR count). The van der Waals surface area contributed by atoms with E-state index in [4.69, 9.17) is 4.74 Å². The lowest BCUT2D eigenvalue weighted by molar-refractivity contribution is 0.0989. The summed E-state index contributed by atoms with van der Waals surface area (Å²) in [7, 11) is 0. The van der Waals surface area contributed by atoms with Crippen LogP contribution in [0.3, 0.4) is 0 Å². The van der Waals surface area contributed by atoms with Gasteiger partial charge in [0.1, 0.15) is 5.75 Å². The molecule has 1 aromatic rings. The predicted molar refractivity (Wildman–Crippen MR) is 65.1 cm³/mol. The molecule has 0 aliphatic carbocycles. The molecule has 0 saturated heterocycles. The lowest BCUT2D eigenvalue weighted by Gasteiger charge is -2.07. The van der Waals surface area contributed by atoms with Crippen LogP contribution < -0.4 is 4.74 Å². The van der Waals surface area contributed by atoms with E-state index in [0.717, 1.165) is 16.9 Å². The first-order valence-corrected chi connectivity index (χ1v) is 6.13. The number of halogens is 1. The Bertz CT molecular complexity index is 347. The van der Waals surface area contributed by atoms with Gasteiger partial charge in [-0.15, -0.1) is 0 Å². The van der Waals surface area contributed by atoms with E-state index in [1.165, 1.54) is 0 Å². The van der Waals surface area contributed by atoms with Gasteiger partial charge >= 0.3 is 0 Å². The molecule has 0 aliphatic heterocycles. The van der Waals surface area contributed by atoms with Crippen molar-refractivity contribution in [2.24, 2.45) is 0 Å². The van der Waals surface area contributed by atoms with Crippen LogP contribution in [0.15, 0.2) is 18.2 Å². The maximum Gasteiger partial charge on any atom is 0.163 e. The Balaban J connectivity index is 2.92. The number of Topliss-reactive ketones (excluding diaryl/α,β-unsaturated/α-hetero) is 1. The van der Waals surface area contributed by atoms with Gasteiger partial charge in [-0.3, -0.25) is 4.79 Å². The number of hydrogen-bond donors (Lipinski definition) is 0. The smallest absolute Gasteiger partial charge is 0.163 e. The third-order valence-corrected chi connectivity index (χ3v) is 2.40. The largest absolute Gasteiger partial charge is 0.494 e. The summed E-state index contributed by atoms with van der Waals surface area (Å²) in [6.07, 6.45) is 0.523. The first-order chi connectivity index (χ1) is 7.17.